The van der Waals surface area contributed by atoms with E-state index in [-0.39, 0.29) is 0 Å². The fraction of sp³-hybridized carbons (Fsp3) is 0.273. The summed E-state index contributed by atoms with van der Waals surface area (Å²) in [7, 11) is 0. The molecular weight excluding hydrogens is 148 g/mol. The first kappa shape index (κ1) is 8.85. The number of hydrogen-bond donors (Lipinski definition) is 1. The average Bonchev–Trinajstić information content (AvgIpc) is 2.17. The van der Waals surface area contributed by atoms with Crippen LogP contribution in [0.1, 0.15) is 25.8 Å². The Kier molecular flexibility index (Phi) is 2.92. The third kappa shape index (κ3) is 1.88. The van der Waals surface area contributed by atoms with Crippen LogP contribution in [0.15, 0.2) is 35.9 Å². The summed E-state index contributed by atoms with van der Waals surface area (Å²) >= 11 is 0. The van der Waals surface area contributed by atoms with Gasteiger partial charge in [0.05, 0.1) is 0 Å². The Balaban J connectivity index is 3.00. The summed E-state index contributed by atoms with van der Waals surface area (Å²) in [5.74, 6) is 0.415. The van der Waals surface area contributed by atoms with Crippen molar-refractivity contribution in [2.75, 3.05) is 0 Å². The highest BCUT2D eigenvalue weighted by Gasteiger charge is 1.99. The van der Waals surface area contributed by atoms with E-state index in [1.165, 1.54) is 0 Å². The van der Waals surface area contributed by atoms with Crippen molar-refractivity contribution in [3.05, 3.63) is 41.5 Å². The van der Waals surface area contributed by atoms with Gasteiger partial charge in [0.2, 0.25) is 0 Å². The minimum atomic E-state index is 0.415. The van der Waals surface area contributed by atoms with Gasteiger partial charge in [0, 0.05) is 5.56 Å². The number of aliphatic hydroxyl groups excluding tert-OH is 1. The van der Waals surface area contributed by atoms with Crippen LogP contribution in [0.5, 0.6) is 0 Å². The van der Waals surface area contributed by atoms with Gasteiger partial charge in [0.15, 0.2) is 0 Å². The van der Waals surface area contributed by atoms with Gasteiger partial charge in [-0.05, 0) is 18.9 Å². The molecule has 0 amide bonds. The summed E-state index contributed by atoms with van der Waals surface area (Å²) in [6.07, 6.45) is 0.890. The molecule has 0 bridgehead atoms. The molecule has 64 valence electrons. The van der Waals surface area contributed by atoms with Crippen LogP contribution in [0.25, 0.3) is 5.76 Å². The van der Waals surface area contributed by atoms with Crippen LogP contribution in [0.2, 0.25) is 0 Å². The Morgan fingerprint density at radius 2 is 1.83 bits per heavy atom. The second kappa shape index (κ2) is 3.96. The number of allylic oxidation sites excluding steroid dienone is 1. The van der Waals surface area contributed by atoms with Gasteiger partial charge in [-0.25, -0.2) is 0 Å². The van der Waals surface area contributed by atoms with Crippen molar-refractivity contribution < 1.29 is 5.11 Å². The first-order valence-corrected chi connectivity index (χ1v) is 4.19. The van der Waals surface area contributed by atoms with E-state index in [2.05, 4.69) is 0 Å². The van der Waals surface area contributed by atoms with E-state index in [9.17, 15) is 5.11 Å². The number of aliphatic hydroxyl groups is 1. The highest BCUT2D eigenvalue weighted by Crippen LogP contribution is 2.16. The maximum Gasteiger partial charge on any atom is 0.121 e. The fourth-order valence-corrected chi connectivity index (χ4v) is 1.01. The van der Waals surface area contributed by atoms with Crippen molar-refractivity contribution >= 4 is 5.76 Å². The second-order valence-electron chi connectivity index (χ2n) is 2.85. The quantitative estimate of drug-likeness (QED) is 0.661. The van der Waals surface area contributed by atoms with Gasteiger partial charge in [-0.1, -0.05) is 37.3 Å². The third-order valence-corrected chi connectivity index (χ3v) is 1.98. The average molecular weight is 162 g/mol. The Labute approximate surface area is 73.4 Å². The van der Waals surface area contributed by atoms with Crippen LogP contribution < -0.4 is 0 Å². The number of rotatable bonds is 2. The molecule has 1 N–H and O–H groups in total. The molecule has 1 aromatic carbocycles. The molecule has 12 heavy (non-hydrogen) atoms. The first-order chi connectivity index (χ1) is 5.75. The molecule has 0 saturated carbocycles. The highest BCUT2D eigenvalue weighted by atomic mass is 16.3. The maximum absolute atomic E-state index is 9.67. The molecule has 0 unspecified atom stereocenters. The standard InChI is InChI=1S/C11H14O/c1-3-9(2)11(12)10-7-5-4-6-8-10/h4-8,12H,3H2,1-2H3. The van der Waals surface area contributed by atoms with E-state index >= 15 is 0 Å². The lowest BCUT2D eigenvalue weighted by atomic mass is 10.1. The summed E-state index contributed by atoms with van der Waals surface area (Å²) in [6, 6.07) is 9.62. The molecule has 1 aromatic rings. The van der Waals surface area contributed by atoms with Crippen LogP contribution in [0, 0.1) is 0 Å². The predicted octanol–water partition coefficient (Wildman–Crippen LogP) is 3.39. The molecule has 0 radical (unpaired) electrons. The SMILES string of the molecule is CCC(C)=C(O)c1ccccc1. The normalized spacial score (nSPS) is 12.5. The molecule has 0 aliphatic rings. The lowest BCUT2D eigenvalue weighted by molar-refractivity contribution is 0.504. The van der Waals surface area contributed by atoms with Gasteiger partial charge in [-0.3, -0.25) is 0 Å². The number of benzene rings is 1. The largest absolute Gasteiger partial charge is 0.507 e. The van der Waals surface area contributed by atoms with Crippen molar-refractivity contribution in [1.29, 1.82) is 0 Å². The summed E-state index contributed by atoms with van der Waals surface area (Å²) in [5, 5.41) is 9.67. The van der Waals surface area contributed by atoms with Crippen LogP contribution in [0.4, 0.5) is 0 Å². The minimum absolute atomic E-state index is 0.415. The monoisotopic (exact) mass is 162 g/mol. The van der Waals surface area contributed by atoms with Crippen LogP contribution >= 0.6 is 0 Å². The molecule has 0 fully saturated rings. The summed E-state index contributed by atoms with van der Waals surface area (Å²) in [6.45, 7) is 3.98. The minimum Gasteiger partial charge on any atom is -0.507 e. The van der Waals surface area contributed by atoms with Crippen molar-refractivity contribution in [2.24, 2.45) is 0 Å². The smallest absolute Gasteiger partial charge is 0.121 e. The predicted molar refractivity (Wildman–Crippen MR) is 52.0 cm³/mol. The van der Waals surface area contributed by atoms with Crippen LogP contribution in [-0.4, -0.2) is 5.11 Å². The molecule has 0 saturated heterocycles. The van der Waals surface area contributed by atoms with E-state index in [0.29, 0.717) is 5.76 Å². The zero-order chi connectivity index (χ0) is 8.97. The molecule has 1 rings (SSSR count). The molecule has 0 spiro atoms. The molecule has 1 nitrogen and oxygen atoms in total. The molecule has 0 atom stereocenters. The zero-order valence-electron chi connectivity index (χ0n) is 7.54. The highest BCUT2D eigenvalue weighted by molar-refractivity contribution is 5.60. The van der Waals surface area contributed by atoms with Crippen molar-refractivity contribution in [3.8, 4) is 0 Å². The maximum atomic E-state index is 9.67. The van der Waals surface area contributed by atoms with Gasteiger partial charge in [0.1, 0.15) is 5.76 Å². The Bertz CT molecular complexity index is 272. The Morgan fingerprint density at radius 1 is 1.25 bits per heavy atom. The zero-order valence-corrected chi connectivity index (χ0v) is 7.54. The lowest BCUT2D eigenvalue weighted by Crippen LogP contribution is -1.86. The van der Waals surface area contributed by atoms with E-state index < -0.39 is 0 Å². The van der Waals surface area contributed by atoms with Gasteiger partial charge in [-0.15, -0.1) is 0 Å². The van der Waals surface area contributed by atoms with Crippen LogP contribution in [0.3, 0.4) is 0 Å². The summed E-state index contributed by atoms with van der Waals surface area (Å²) in [4.78, 5) is 0. The molecular formula is C11H14O. The Hall–Kier alpha value is -1.24. The van der Waals surface area contributed by atoms with Crippen molar-refractivity contribution in [3.63, 3.8) is 0 Å². The topological polar surface area (TPSA) is 20.2 Å². The fourth-order valence-electron chi connectivity index (χ4n) is 1.01. The van der Waals surface area contributed by atoms with E-state index in [4.69, 9.17) is 0 Å². The summed E-state index contributed by atoms with van der Waals surface area (Å²) in [5.41, 5.74) is 1.93. The van der Waals surface area contributed by atoms with Gasteiger partial charge >= 0.3 is 0 Å². The summed E-state index contributed by atoms with van der Waals surface area (Å²) < 4.78 is 0. The first-order valence-electron chi connectivity index (χ1n) is 4.19. The Morgan fingerprint density at radius 3 is 2.33 bits per heavy atom. The molecule has 0 aromatic heterocycles. The van der Waals surface area contributed by atoms with E-state index in [1.807, 2.05) is 44.2 Å². The number of hydrogen-bond acceptors (Lipinski definition) is 1. The van der Waals surface area contributed by atoms with E-state index in [1.54, 1.807) is 0 Å². The second-order valence-corrected chi connectivity index (χ2v) is 2.85. The molecule has 1 heteroatoms. The van der Waals surface area contributed by atoms with Crippen LogP contribution in [-0.2, 0) is 0 Å². The third-order valence-electron chi connectivity index (χ3n) is 1.98. The van der Waals surface area contributed by atoms with Gasteiger partial charge < -0.3 is 5.11 Å². The molecule has 0 aliphatic heterocycles. The van der Waals surface area contributed by atoms with Crippen molar-refractivity contribution in [1.82, 2.24) is 0 Å². The van der Waals surface area contributed by atoms with Crippen molar-refractivity contribution in [2.45, 2.75) is 20.3 Å². The van der Waals surface area contributed by atoms with E-state index in [0.717, 1.165) is 17.6 Å². The molecule has 0 heterocycles. The molecule has 0 aliphatic carbocycles. The lowest BCUT2D eigenvalue weighted by Gasteiger charge is -2.03. The van der Waals surface area contributed by atoms with Gasteiger partial charge in [0.25, 0.3) is 0 Å². The van der Waals surface area contributed by atoms with Gasteiger partial charge in [-0.2, -0.15) is 0 Å².